The molecule has 2 atom stereocenters. The highest BCUT2D eigenvalue weighted by Crippen LogP contribution is 2.41. The number of aromatic nitrogens is 2. The van der Waals surface area contributed by atoms with Gasteiger partial charge in [-0.05, 0) is 43.2 Å². The number of aryl methyl sites for hydroxylation is 1. The molecular formula is C32H47N2+. The van der Waals surface area contributed by atoms with Crippen molar-refractivity contribution in [2.45, 2.75) is 109 Å². The molecule has 0 saturated carbocycles. The molecule has 0 aliphatic carbocycles. The van der Waals surface area contributed by atoms with E-state index in [-0.39, 0.29) is 5.41 Å². The van der Waals surface area contributed by atoms with E-state index in [2.05, 4.69) is 109 Å². The van der Waals surface area contributed by atoms with Crippen LogP contribution >= 0.6 is 0 Å². The number of hydrogen-bond acceptors (Lipinski definition) is 0. The Morgan fingerprint density at radius 3 is 2.06 bits per heavy atom. The monoisotopic (exact) mass is 459 g/mol. The summed E-state index contributed by atoms with van der Waals surface area (Å²) in [6.45, 7) is 8.21. The topological polar surface area (TPSA) is 8.81 Å². The molecule has 2 heteroatoms. The predicted molar refractivity (Wildman–Crippen MR) is 145 cm³/mol. The summed E-state index contributed by atoms with van der Waals surface area (Å²) in [6, 6.07) is 22.7. The molecule has 3 rings (SSSR count). The van der Waals surface area contributed by atoms with Crippen LogP contribution < -0.4 is 4.57 Å². The molecule has 0 spiro atoms. The molecule has 0 bridgehead atoms. The van der Waals surface area contributed by atoms with Crippen LogP contribution in [-0.4, -0.2) is 4.57 Å². The van der Waals surface area contributed by atoms with E-state index < -0.39 is 0 Å². The molecule has 2 aromatic carbocycles. The Morgan fingerprint density at radius 2 is 1.38 bits per heavy atom. The Balaban J connectivity index is 1.78. The molecule has 0 N–H and O–H groups in total. The maximum absolute atomic E-state index is 2.52. The number of nitrogens with zero attached hydrogens (tertiary/aromatic N) is 2. The van der Waals surface area contributed by atoms with E-state index in [0.717, 1.165) is 13.0 Å². The van der Waals surface area contributed by atoms with Crippen molar-refractivity contribution in [3.8, 4) is 0 Å². The zero-order valence-electron chi connectivity index (χ0n) is 22.0. The smallest absolute Gasteiger partial charge is 0.237 e. The lowest BCUT2D eigenvalue weighted by Crippen LogP contribution is -2.38. The van der Waals surface area contributed by atoms with Crippen LogP contribution in [-0.2, 0) is 18.4 Å². The van der Waals surface area contributed by atoms with Gasteiger partial charge in [0.15, 0.2) is 0 Å². The van der Waals surface area contributed by atoms with Gasteiger partial charge in [-0.3, -0.25) is 0 Å². The van der Waals surface area contributed by atoms with Crippen LogP contribution in [0.3, 0.4) is 0 Å². The van der Waals surface area contributed by atoms with Crippen molar-refractivity contribution < 1.29 is 4.57 Å². The van der Waals surface area contributed by atoms with Crippen molar-refractivity contribution in [1.82, 2.24) is 4.57 Å². The number of benzene rings is 2. The normalized spacial score (nSPS) is 14.1. The molecule has 2 unspecified atom stereocenters. The van der Waals surface area contributed by atoms with Crippen molar-refractivity contribution in [2.75, 3.05) is 0 Å². The minimum absolute atomic E-state index is 0.0217. The number of rotatable bonds is 16. The molecule has 0 saturated heterocycles. The molecular weight excluding hydrogens is 412 g/mol. The second-order valence-electron chi connectivity index (χ2n) is 10.3. The first kappa shape index (κ1) is 26.3. The second-order valence-corrected chi connectivity index (χ2v) is 10.3. The zero-order valence-corrected chi connectivity index (χ0v) is 22.0. The SMILES string of the molecule is CCCCCCCCC[n+]1ccn(C(CCCC)C(C)(Cc2ccccc2)c2ccccc2)c1. The Bertz CT molecular complexity index is 914. The van der Waals surface area contributed by atoms with Crippen LogP contribution in [0.15, 0.2) is 79.4 Å². The largest absolute Gasteiger partial charge is 0.244 e. The average Bonchev–Trinajstić information content (AvgIpc) is 3.33. The first-order valence-corrected chi connectivity index (χ1v) is 13.8. The fraction of sp³-hybridized carbons (Fsp3) is 0.531. The highest BCUT2D eigenvalue weighted by atomic mass is 15.1. The molecule has 0 fully saturated rings. The van der Waals surface area contributed by atoms with Gasteiger partial charge in [-0.25, -0.2) is 9.13 Å². The number of unbranched alkanes of at least 4 members (excludes halogenated alkanes) is 7. The van der Waals surface area contributed by atoms with Gasteiger partial charge < -0.3 is 0 Å². The molecule has 1 aromatic heterocycles. The lowest BCUT2D eigenvalue weighted by Gasteiger charge is -2.36. The summed E-state index contributed by atoms with van der Waals surface area (Å²) in [6.07, 6.45) is 21.2. The van der Waals surface area contributed by atoms with E-state index in [4.69, 9.17) is 0 Å². The summed E-state index contributed by atoms with van der Waals surface area (Å²) in [7, 11) is 0. The zero-order chi connectivity index (χ0) is 24.1. The van der Waals surface area contributed by atoms with Gasteiger partial charge in [0, 0.05) is 5.41 Å². The minimum atomic E-state index is 0.0217. The van der Waals surface area contributed by atoms with Gasteiger partial charge in [-0.2, -0.15) is 0 Å². The Hall–Kier alpha value is -2.35. The maximum Gasteiger partial charge on any atom is 0.244 e. The third-order valence-corrected chi connectivity index (χ3v) is 7.51. The fourth-order valence-corrected chi connectivity index (χ4v) is 5.42. The van der Waals surface area contributed by atoms with Gasteiger partial charge >= 0.3 is 0 Å². The molecule has 2 nitrogen and oxygen atoms in total. The lowest BCUT2D eigenvalue weighted by molar-refractivity contribution is -0.697. The van der Waals surface area contributed by atoms with Crippen LogP contribution in [0.25, 0.3) is 0 Å². The summed E-state index contributed by atoms with van der Waals surface area (Å²) < 4.78 is 4.94. The Morgan fingerprint density at radius 1 is 0.765 bits per heavy atom. The van der Waals surface area contributed by atoms with Crippen LogP contribution in [0.5, 0.6) is 0 Å². The lowest BCUT2D eigenvalue weighted by atomic mass is 9.70. The Labute approximate surface area is 209 Å². The average molecular weight is 460 g/mol. The molecule has 0 radical (unpaired) electrons. The molecule has 1 heterocycles. The van der Waals surface area contributed by atoms with Crippen LogP contribution in [0.1, 0.15) is 102 Å². The third-order valence-electron chi connectivity index (χ3n) is 7.51. The van der Waals surface area contributed by atoms with Crippen LogP contribution in [0, 0.1) is 0 Å². The molecule has 0 aliphatic heterocycles. The second kappa shape index (κ2) is 14.1. The first-order chi connectivity index (χ1) is 16.7. The third kappa shape index (κ3) is 7.58. The summed E-state index contributed by atoms with van der Waals surface area (Å²) >= 11 is 0. The van der Waals surface area contributed by atoms with Gasteiger partial charge in [0.25, 0.3) is 0 Å². The predicted octanol–water partition coefficient (Wildman–Crippen LogP) is 8.46. The maximum atomic E-state index is 2.52. The quantitative estimate of drug-likeness (QED) is 0.150. The highest BCUT2D eigenvalue weighted by molar-refractivity contribution is 5.30. The minimum Gasteiger partial charge on any atom is -0.237 e. The highest BCUT2D eigenvalue weighted by Gasteiger charge is 2.40. The van der Waals surface area contributed by atoms with E-state index in [9.17, 15) is 0 Å². The molecule has 0 amide bonds. The standard InChI is InChI=1S/C32H47N2/c1-4-6-8-9-10-11-18-24-33-25-26-34(28-33)31(23-7-5-2)32(3,30-21-16-13-17-22-30)27-29-19-14-12-15-20-29/h12-17,19-22,25-26,28,31H,4-11,18,23-24,27H2,1-3H3/q+1. The number of hydrogen-bond donors (Lipinski definition) is 0. The summed E-state index contributed by atoms with van der Waals surface area (Å²) in [5.41, 5.74) is 2.87. The van der Waals surface area contributed by atoms with E-state index in [0.29, 0.717) is 6.04 Å². The van der Waals surface area contributed by atoms with Gasteiger partial charge in [-0.1, -0.05) is 120 Å². The van der Waals surface area contributed by atoms with Gasteiger partial charge in [0.1, 0.15) is 18.4 Å². The molecule has 184 valence electrons. The van der Waals surface area contributed by atoms with Crippen molar-refractivity contribution >= 4 is 0 Å². The van der Waals surface area contributed by atoms with Gasteiger partial charge in [0.2, 0.25) is 6.33 Å². The van der Waals surface area contributed by atoms with Crippen LogP contribution in [0.2, 0.25) is 0 Å². The van der Waals surface area contributed by atoms with E-state index in [1.807, 2.05) is 0 Å². The first-order valence-electron chi connectivity index (χ1n) is 13.8. The molecule has 34 heavy (non-hydrogen) atoms. The molecule has 3 aromatic rings. The summed E-state index contributed by atoms with van der Waals surface area (Å²) in [5.74, 6) is 0. The van der Waals surface area contributed by atoms with Gasteiger partial charge in [0.05, 0.1) is 6.54 Å². The van der Waals surface area contributed by atoms with Crippen LogP contribution in [0.4, 0.5) is 0 Å². The van der Waals surface area contributed by atoms with Crippen molar-refractivity contribution in [3.63, 3.8) is 0 Å². The van der Waals surface area contributed by atoms with Crippen molar-refractivity contribution in [1.29, 1.82) is 0 Å². The fourth-order valence-electron chi connectivity index (χ4n) is 5.42. The van der Waals surface area contributed by atoms with E-state index in [1.165, 1.54) is 75.3 Å². The number of imidazole rings is 1. The summed E-state index contributed by atoms with van der Waals surface area (Å²) in [5, 5.41) is 0. The molecule has 0 aliphatic rings. The van der Waals surface area contributed by atoms with E-state index >= 15 is 0 Å². The van der Waals surface area contributed by atoms with Crippen molar-refractivity contribution in [2.24, 2.45) is 0 Å². The Kier molecular flexibility index (Phi) is 10.9. The van der Waals surface area contributed by atoms with E-state index in [1.54, 1.807) is 0 Å². The van der Waals surface area contributed by atoms with Gasteiger partial charge in [-0.15, -0.1) is 0 Å². The summed E-state index contributed by atoms with van der Waals surface area (Å²) in [4.78, 5) is 0. The van der Waals surface area contributed by atoms with Crippen molar-refractivity contribution in [3.05, 3.63) is 90.5 Å².